The number of aromatic nitrogens is 1. The molecule has 2 rings (SSSR count). The third-order valence-electron chi connectivity index (χ3n) is 2.19. The second-order valence-electron chi connectivity index (χ2n) is 3.17. The Labute approximate surface area is 91.2 Å². The summed E-state index contributed by atoms with van der Waals surface area (Å²) in [6, 6.07) is 7.98. The maximum atomic E-state index is 10.8. The van der Waals surface area contributed by atoms with Crippen LogP contribution in [0.3, 0.4) is 0 Å². The van der Waals surface area contributed by atoms with Gasteiger partial charge in [-0.15, -0.1) is 0 Å². The molecule has 1 aromatic carbocycles. The fraction of sp³-hybridized carbons (Fsp3) is 0. The molecule has 1 N–H and O–H groups in total. The lowest BCUT2D eigenvalue weighted by Gasteiger charge is -2.04. The molecule has 0 bridgehead atoms. The zero-order valence-corrected chi connectivity index (χ0v) is 8.20. The fourth-order valence-corrected chi connectivity index (χ4v) is 1.46. The predicted octanol–water partition coefficient (Wildman–Crippen LogP) is 2.36. The summed E-state index contributed by atoms with van der Waals surface area (Å²) in [6.07, 6.45) is 2.62. The van der Waals surface area contributed by atoms with Crippen LogP contribution in [0.15, 0.2) is 42.7 Å². The Morgan fingerprint density at radius 2 is 1.94 bits per heavy atom. The zero-order valence-electron chi connectivity index (χ0n) is 8.20. The number of para-hydroxylation sites is 1. The molecular formula is C11H8N2O3. The first-order valence-corrected chi connectivity index (χ1v) is 4.57. The van der Waals surface area contributed by atoms with E-state index in [1.807, 2.05) is 0 Å². The van der Waals surface area contributed by atoms with Gasteiger partial charge < -0.3 is 5.11 Å². The average molecular weight is 216 g/mol. The van der Waals surface area contributed by atoms with Crippen LogP contribution in [0.4, 0.5) is 5.69 Å². The van der Waals surface area contributed by atoms with Gasteiger partial charge in [-0.2, -0.15) is 0 Å². The number of nitro groups is 1. The Bertz CT molecular complexity index is 540. The molecule has 0 aliphatic heterocycles. The second kappa shape index (κ2) is 3.98. The van der Waals surface area contributed by atoms with Gasteiger partial charge in [0.05, 0.1) is 10.5 Å². The molecule has 0 saturated carbocycles. The van der Waals surface area contributed by atoms with Crippen molar-refractivity contribution in [2.45, 2.75) is 0 Å². The lowest BCUT2D eigenvalue weighted by molar-refractivity contribution is -0.384. The van der Waals surface area contributed by atoms with Crippen LogP contribution in [0.5, 0.6) is 5.75 Å². The first-order chi connectivity index (χ1) is 7.70. The Hall–Kier alpha value is -2.43. The molecule has 80 valence electrons. The van der Waals surface area contributed by atoms with Crippen molar-refractivity contribution in [3.05, 3.63) is 52.8 Å². The van der Waals surface area contributed by atoms with Crippen LogP contribution in [0.2, 0.25) is 0 Å². The molecule has 16 heavy (non-hydrogen) atoms. The minimum Gasteiger partial charge on any atom is -0.507 e. The first-order valence-electron chi connectivity index (χ1n) is 4.57. The van der Waals surface area contributed by atoms with E-state index in [9.17, 15) is 15.2 Å². The highest BCUT2D eigenvalue weighted by atomic mass is 16.6. The average Bonchev–Trinajstić information content (AvgIpc) is 2.29. The number of hydrogen-bond acceptors (Lipinski definition) is 4. The summed E-state index contributed by atoms with van der Waals surface area (Å²) in [6.45, 7) is 0. The highest BCUT2D eigenvalue weighted by molar-refractivity contribution is 5.77. The lowest BCUT2D eigenvalue weighted by Crippen LogP contribution is -1.92. The molecule has 0 radical (unpaired) electrons. The fourth-order valence-electron chi connectivity index (χ4n) is 1.46. The largest absolute Gasteiger partial charge is 0.507 e. The number of nitrogens with zero attached hydrogens (tertiary/aromatic N) is 2. The van der Waals surface area contributed by atoms with E-state index in [1.54, 1.807) is 18.2 Å². The lowest BCUT2D eigenvalue weighted by atomic mass is 10.0. The topological polar surface area (TPSA) is 76.3 Å². The SMILES string of the molecule is O=[N+]([O-])c1cnccc1-c1ccccc1O. The Balaban J connectivity index is 2.65. The van der Waals surface area contributed by atoms with Crippen LogP contribution in [0.25, 0.3) is 11.1 Å². The van der Waals surface area contributed by atoms with Crippen molar-refractivity contribution >= 4 is 5.69 Å². The van der Waals surface area contributed by atoms with Crippen molar-refractivity contribution in [3.8, 4) is 16.9 Å². The molecule has 5 heteroatoms. The Morgan fingerprint density at radius 1 is 1.19 bits per heavy atom. The van der Waals surface area contributed by atoms with E-state index in [2.05, 4.69) is 4.98 Å². The summed E-state index contributed by atoms with van der Waals surface area (Å²) in [7, 11) is 0. The number of pyridine rings is 1. The van der Waals surface area contributed by atoms with E-state index in [1.165, 1.54) is 24.5 Å². The van der Waals surface area contributed by atoms with Crippen molar-refractivity contribution in [2.75, 3.05) is 0 Å². The molecule has 0 fully saturated rings. The van der Waals surface area contributed by atoms with E-state index in [4.69, 9.17) is 0 Å². The molecule has 0 aliphatic carbocycles. The van der Waals surface area contributed by atoms with Crippen LogP contribution in [-0.2, 0) is 0 Å². The third kappa shape index (κ3) is 1.70. The summed E-state index contributed by atoms with van der Waals surface area (Å²) in [4.78, 5) is 14.0. The second-order valence-corrected chi connectivity index (χ2v) is 3.17. The number of phenols is 1. The summed E-state index contributed by atoms with van der Waals surface area (Å²) >= 11 is 0. The van der Waals surface area contributed by atoms with Crippen molar-refractivity contribution in [1.29, 1.82) is 0 Å². The monoisotopic (exact) mass is 216 g/mol. The van der Waals surface area contributed by atoms with E-state index in [-0.39, 0.29) is 11.4 Å². The summed E-state index contributed by atoms with van der Waals surface area (Å²) in [5.41, 5.74) is 0.665. The van der Waals surface area contributed by atoms with Crippen molar-refractivity contribution in [3.63, 3.8) is 0 Å². The van der Waals surface area contributed by atoms with Crippen LogP contribution in [0.1, 0.15) is 0 Å². The molecule has 0 unspecified atom stereocenters. The van der Waals surface area contributed by atoms with E-state index in [0.717, 1.165) is 0 Å². The summed E-state index contributed by atoms with van der Waals surface area (Å²) < 4.78 is 0. The molecule has 0 aliphatic rings. The maximum Gasteiger partial charge on any atom is 0.295 e. The Morgan fingerprint density at radius 3 is 2.62 bits per heavy atom. The van der Waals surface area contributed by atoms with Gasteiger partial charge in [-0.25, -0.2) is 0 Å². The predicted molar refractivity (Wildman–Crippen MR) is 58.0 cm³/mol. The summed E-state index contributed by atoms with van der Waals surface area (Å²) in [5, 5.41) is 20.4. The standard InChI is InChI=1S/C11H8N2O3/c14-11-4-2-1-3-9(11)8-5-6-12-7-10(8)13(15)16/h1-7,14H. The maximum absolute atomic E-state index is 10.8. The number of hydrogen-bond donors (Lipinski definition) is 1. The Kier molecular flexibility index (Phi) is 2.51. The van der Waals surface area contributed by atoms with Crippen LogP contribution in [0, 0.1) is 10.1 Å². The quantitative estimate of drug-likeness (QED) is 0.617. The van der Waals surface area contributed by atoms with Gasteiger partial charge in [0.25, 0.3) is 5.69 Å². The number of aromatic hydroxyl groups is 1. The van der Waals surface area contributed by atoms with Crippen LogP contribution in [-0.4, -0.2) is 15.0 Å². The van der Waals surface area contributed by atoms with Gasteiger partial charge in [-0.3, -0.25) is 15.1 Å². The van der Waals surface area contributed by atoms with Crippen molar-refractivity contribution in [1.82, 2.24) is 4.98 Å². The molecule has 0 saturated heterocycles. The van der Waals surface area contributed by atoms with Crippen LogP contribution >= 0.6 is 0 Å². The third-order valence-corrected chi connectivity index (χ3v) is 2.19. The minimum absolute atomic E-state index is 0.0109. The molecule has 1 aromatic heterocycles. The first kappa shape index (κ1) is 10.1. The van der Waals surface area contributed by atoms with Gasteiger partial charge >= 0.3 is 0 Å². The summed E-state index contributed by atoms with van der Waals surface area (Å²) in [5.74, 6) is 0.0109. The van der Waals surface area contributed by atoms with Crippen molar-refractivity contribution in [2.24, 2.45) is 0 Å². The van der Waals surface area contributed by atoms with Crippen molar-refractivity contribution < 1.29 is 10.0 Å². The molecule has 5 nitrogen and oxygen atoms in total. The smallest absolute Gasteiger partial charge is 0.295 e. The minimum atomic E-state index is -0.519. The number of benzene rings is 1. The molecule has 2 aromatic rings. The molecular weight excluding hydrogens is 208 g/mol. The van der Waals surface area contributed by atoms with Crippen LogP contribution < -0.4 is 0 Å². The number of phenolic OH excluding ortho intramolecular Hbond substituents is 1. The van der Waals surface area contributed by atoms with Gasteiger partial charge in [-0.05, 0) is 12.1 Å². The van der Waals surface area contributed by atoms with Gasteiger partial charge in [0, 0.05) is 11.8 Å². The van der Waals surface area contributed by atoms with E-state index >= 15 is 0 Å². The van der Waals surface area contributed by atoms with E-state index in [0.29, 0.717) is 11.1 Å². The molecule has 0 spiro atoms. The van der Waals surface area contributed by atoms with E-state index < -0.39 is 4.92 Å². The number of rotatable bonds is 2. The zero-order chi connectivity index (χ0) is 11.5. The highest BCUT2D eigenvalue weighted by Gasteiger charge is 2.16. The normalized spacial score (nSPS) is 10.0. The molecule has 0 amide bonds. The molecule has 0 atom stereocenters. The van der Waals surface area contributed by atoms with Gasteiger partial charge in [0.2, 0.25) is 0 Å². The van der Waals surface area contributed by atoms with Gasteiger partial charge in [-0.1, -0.05) is 18.2 Å². The highest BCUT2D eigenvalue weighted by Crippen LogP contribution is 2.34. The molecule has 1 heterocycles. The van der Waals surface area contributed by atoms with Gasteiger partial charge in [0.1, 0.15) is 11.9 Å². The van der Waals surface area contributed by atoms with Gasteiger partial charge in [0.15, 0.2) is 0 Å².